The molecule has 0 spiro atoms. The smallest absolute Gasteiger partial charge is 0.308 e. The molecule has 5 heteroatoms. The summed E-state index contributed by atoms with van der Waals surface area (Å²) in [6, 6.07) is 0. The molecule has 0 amide bonds. The molecule has 31 heavy (non-hydrogen) atoms. The van der Waals surface area contributed by atoms with E-state index in [1.165, 1.54) is 24.8 Å². The number of ether oxygens (including phenoxy) is 3. The molecule has 5 nitrogen and oxygen atoms in total. The van der Waals surface area contributed by atoms with Gasteiger partial charge in [-0.05, 0) is 67.1 Å². The number of carbonyl (C=O) groups excluding carboxylic acids is 2. The van der Waals surface area contributed by atoms with Gasteiger partial charge in [0.15, 0.2) is 0 Å². The maximum atomic E-state index is 12.3. The van der Waals surface area contributed by atoms with Gasteiger partial charge in [0.2, 0.25) is 12.6 Å². The fraction of sp³-hybridized carbons (Fsp3) is 0.846. The topological polar surface area (TPSA) is 61.8 Å². The van der Waals surface area contributed by atoms with Crippen LogP contribution in [0.25, 0.3) is 0 Å². The summed E-state index contributed by atoms with van der Waals surface area (Å²) in [4.78, 5) is 24.4. The molecule has 4 rings (SSSR count). The quantitative estimate of drug-likeness (QED) is 0.416. The van der Waals surface area contributed by atoms with E-state index in [9.17, 15) is 9.59 Å². The zero-order chi connectivity index (χ0) is 22.6. The lowest BCUT2D eigenvalue weighted by molar-refractivity contribution is -0.210. The van der Waals surface area contributed by atoms with Crippen molar-refractivity contribution in [3.8, 4) is 0 Å². The van der Waals surface area contributed by atoms with Gasteiger partial charge in [-0.3, -0.25) is 9.59 Å². The molecule has 174 valence electrons. The minimum Gasteiger partial charge on any atom is -0.435 e. The summed E-state index contributed by atoms with van der Waals surface area (Å²) in [7, 11) is 0. The van der Waals surface area contributed by atoms with Crippen molar-refractivity contribution in [2.75, 3.05) is 0 Å². The summed E-state index contributed by atoms with van der Waals surface area (Å²) in [5.41, 5.74) is 1.83. The Hall–Kier alpha value is -1.36. The van der Waals surface area contributed by atoms with Crippen LogP contribution in [0.3, 0.4) is 0 Å². The molecule has 0 aromatic rings. The molecule has 7 atom stereocenters. The third-order valence-corrected chi connectivity index (χ3v) is 8.63. The predicted octanol–water partition coefficient (Wildman–Crippen LogP) is 5.63. The van der Waals surface area contributed by atoms with Crippen LogP contribution in [0.4, 0.5) is 0 Å². The lowest BCUT2D eigenvalue weighted by Gasteiger charge is -2.42. The van der Waals surface area contributed by atoms with Crippen LogP contribution in [0, 0.1) is 40.4 Å². The van der Waals surface area contributed by atoms with Gasteiger partial charge in [0, 0.05) is 18.3 Å². The van der Waals surface area contributed by atoms with Crippen LogP contribution >= 0.6 is 0 Å². The van der Waals surface area contributed by atoms with Crippen LogP contribution in [0.1, 0.15) is 86.0 Å². The van der Waals surface area contributed by atoms with E-state index >= 15 is 0 Å². The van der Waals surface area contributed by atoms with Gasteiger partial charge in [-0.15, -0.1) is 0 Å². The first kappa shape index (κ1) is 22.8. The number of fused-ring (bicyclic) bond motifs is 3. The van der Waals surface area contributed by atoms with Gasteiger partial charge in [0.25, 0.3) is 0 Å². The molecule has 0 aromatic heterocycles. The Bertz CT molecular complexity index is 740. The maximum Gasteiger partial charge on any atom is 0.308 e. The minimum absolute atomic E-state index is 0.0671. The summed E-state index contributed by atoms with van der Waals surface area (Å²) < 4.78 is 17.3. The maximum absolute atomic E-state index is 12.3. The SMILES string of the molecule is C=C1CCCC(C)(C)C2CCC(C)(CC3C4OC(=O)CC3C(OC(=O)CC(C)C)O4)C12. The van der Waals surface area contributed by atoms with E-state index in [1.807, 2.05) is 13.8 Å². The average molecular weight is 433 g/mol. The number of esters is 2. The number of carbonyl (C=O) groups is 2. The van der Waals surface area contributed by atoms with Crippen molar-refractivity contribution in [2.24, 2.45) is 40.4 Å². The standard InChI is InChI=1S/C26H40O5/c1-15(2)12-20(27)29-23-17-13-21(28)30-24(31-23)18(17)14-26(6)11-9-19-22(26)16(3)8-7-10-25(19,4)5/h15,17-19,22-24H,3,7-14H2,1-2,4-6H3. The second-order valence-corrected chi connectivity index (χ2v) is 12.0. The van der Waals surface area contributed by atoms with Crippen molar-refractivity contribution < 1.29 is 23.8 Å². The number of allylic oxidation sites excluding steroid dienone is 1. The summed E-state index contributed by atoms with van der Waals surface area (Å²) >= 11 is 0. The van der Waals surface area contributed by atoms with Crippen LogP contribution in [-0.2, 0) is 23.8 Å². The van der Waals surface area contributed by atoms with Crippen molar-refractivity contribution >= 4 is 11.9 Å². The summed E-state index contributed by atoms with van der Waals surface area (Å²) in [6.45, 7) is 15.8. The lowest BCUT2D eigenvalue weighted by Crippen LogP contribution is -2.40. The Morgan fingerprint density at radius 2 is 2.00 bits per heavy atom. The Morgan fingerprint density at radius 1 is 1.26 bits per heavy atom. The number of hydrogen-bond donors (Lipinski definition) is 0. The molecule has 7 unspecified atom stereocenters. The van der Waals surface area contributed by atoms with Crippen LogP contribution in [0.2, 0.25) is 0 Å². The molecule has 0 aromatic carbocycles. The zero-order valence-corrected chi connectivity index (χ0v) is 19.9. The van der Waals surface area contributed by atoms with Crippen LogP contribution in [0.15, 0.2) is 12.2 Å². The average Bonchev–Trinajstić information content (AvgIpc) is 3.02. The van der Waals surface area contributed by atoms with Crippen molar-refractivity contribution in [3.05, 3.63) is 12.2 Å². The Kier molecular flexibility index (Phi) is 6.04. The second kappa shape index (κ2) is 8.20. The highest BCUT2D eigenvalue weighted by Crippen LogP contribution is 2.62. The third-order valence-electron chi connectivity index (χ3n) is 8.63. The van der Waals surface area contributed by atoms with Gasteiger partial charge >= 0.3 is 11.9 Å². The summed E-state index contributed by atoms with van der Waals surface area (Å²) in [5, 5.41) is 0. The Balaban J connectivity index is 1.53. The van der Waals surface area contributed by atoms with E-state index in [-0.39, 0.29) is 41.5 Å². The first-order valence-electron chi connectivity index (χ1n) is 12.2. The first-order valence-corrected chi connectivity index (χ1v) is 12.2. The lowest BCUT2D eigenvalue weighted by atomic mass is 9.63. The largest absolute Gasteiger partial charge is 0.435 e. The molecule has 2 bridgehead atoms. The third kappa shape index (κ3) is 4.31. The highest BCUT2D eigenvalue weighted by molar-refractivity contribution is 5.72. The van der Waals surface area contributed by atoms with E-state index in [0.717, 1.165) is 19.3 Å². The van der Waals surface area contributed by atoms with Crippen molar-refractivity contribution in [3.63, 3.8) is 0 Å². The second-order valence-electron chi connectivity index (χ2n) is 12.0. The van der Waals surface area contributed by atoms with Gasteiger partial charge in [0.1, 0.15) is 0 Å². The highest BCUT2D eigenvalue weighted by atomic mass is 16.8. The fourth-order valence-corrected chi connectivity index (χ4v) is 7.14. The molecule has 4 aliphatic rings. The molecular formula is C26H40O5. The molecule has 2 aliphatic carbocycles. The van der Waals surface area contributed by atoms with E-state index in [0.29, 0.717) is 23.7 Å². The van der Waals surface area contributed by atoms with E-state index < -0.39 is 12.6 Å². The minimum atomic E-state index is -0.678. The van der Waals surface area contributed by atoms with Gasteiger partial charge in [0.05, 0.1) is 6.42 Å². The molecule has 0 N–H and O–H groups in total. The molecule has 2 saturated carbocycles. The predicted molar refractivity (Wildman–Crippen MR) is 118 cm³/mol. The number of hydrogen-bond acceptors (Lipinski definition) is 5. The molecule has 4 fully saturated rings. The molecule has 2 aliphatic heterocycles. The zero-order valence-electron chi connectivity index (χ0n) is 19.9. The Labute approximate surface area is 187 Å². The Morgan fingerprint density at radius 3 is 2.71 bits per heavy atom. The van der Waals surface area contributed by atoms with Gasteiger partial charge in [-0.25, -0.2) is 0 Å². The van der Waals surface area contributed by atoms with E-state index in [2.05, 4.69) is 27.4 Å². The van der Waals surface area contributed by atoms with E-state index in [1.54, 1.807) is 0 Å². The fourth-order valence-electron chi connectivity index (χ4n) is 7.14. The van der Waals surface area contributed by atoms with E-state index in [4.69, 9.17) is 14.2 Å². The van der Waals surface area contributed by atoms with Gasteiger partial charge in [-0.1, -0.05) is 46.8 Å². The first-order chi connectivity index (χ1) is 14.5. The molecule has 0 radical (unpaired) electrons. The summed E-state index contributed by atoms with van der Waals surface area (Å²) in [5.74, 6) is 0.803. The van der Waals surface area contributed by atoms with Crippen molar-refractivity contribution in [1.82, 2.24) is 0 Å². The van der Waals surface area contributed by atoms with Crippen LogP contribution < -0.4 is 0 Å². The van der Waals surface area contributed by atoms with Crippen molar-refractivity contribution in [2.45, 2.75) is 98.6 Å². The monoisotopic (exact) mass is 432 g/mol. The van der Waals surface area contributed by atoms with Gasteiger partial charge < -0.3 is 14.2 Å². The molecule has 2 saturated heterocycles. The van der Waals surface area contributed by atoms with Crippen molar-refractivity contribution in [1.29, 1.82) is 0 Å². The normalized spacial score (nSPS) is 41.6. The molecular weight excluding hydrogens is 392 g/mol. The summed E-state index contributed by atoms with van der Waals surface area (Å²) in [6.07, 6.45) is 6.22. The van der Waals surface area contributed by atoms with Crippen LogP contribution in [0.5, 0.6) is 0 Å². The highest BCUT2D eigenvalue weighted by Gasteiger charge is 2.58. The van der Waals surface area contributed by atoms with Gasteiger partial charge in [-0.2, -0.15) is 0 Å². The number of rotatable bonds is 5. The molecule has 2 heterocycles. The van der Waals surface area contributed by atoms with Crippen LogP contribution in [-0.4, -0.2) is 24.5 Å².